The van der Waals surface area contributed by atoms with Crippen LogP contribution in [0, 0.1) is 5.92 Å². The van der Waals surface area contributed by atoms with Crippen molar-refractivity contribution in [2.24, 2.45) is 5.92 Å². The van der Waals surface area contributed by atoms with Crippen LogP contribution >= 0.6 is 11.3 Å². The van der Waals surface area contributed by atoms with Crippen molar-refractivity contribution in [3.63, 3.8) is 0 Å². The molecule has 2 heterocycles. The van der Waals surface area contributed by atoms with Crippen LogP contribution in [0.15, 0.2) is 23.6 Å². The molecule has 6 heteroatoms. The fourth-order valence-corrected chi connectivity index (χ4v) is 3.75. The number of thiazole rings is 1. The zero-order valence-electron chi connectivity index (χ0n) is 14.9. The lowest BCUT2D eigenvalue weighted by Gasteiger charge is -2.25. The number of methoxy groups -OCH3 is 1. The molecule has 0 unspecified atom stereocenters. The number of benzene rings is 1. The minimum absolute atomic E-state index is 0.0350. The minimum Gasteiger partial charge on any atom is -0.493 e. The second-order valence-electron chi connectivity index (χ2n) is 6.53. The number of ether oxygens (including phenoxy) is 2. The first-order valence-electron chi connectivity index (χ1n) is 8.59. The molecule has 3 rings (SSSR count). The Labute approximate surface area is 152 Å². The summed E-state index contributed by atoms with van der Waals surface area (Å²) in [6.45, 7) is 5.26. The molecule has 1 N–H and O–H groups in total. The predicted molar refractivity (Wildman–Crippen MR) is 98.6 cm³/mol. The molecule has 1 aromatic carbocycles. The number of aromatic nitrogens is 1. The van der Waals surface area contributed by atoms with Gasteiger partial charge in [0.25, 0.3) is 0 Å². The minimum atomic E-state index is -0.165. The number of carbonyl (C=O) groups excluding carboxylic acids is 1. The van der Waals surface area contributed by atoms with Gasteiger partial charge in [-0.1, -0.05) is 26.0 Å². The molecule has 1 aromatic heterocycles. The van der Waals surface area contributed by atoms with E-state index in [9.17, 15) is 4.79 Å². The van der Waals surface area contributed by atoms with Crippen molar-refractivity contribution in [2.45, 2.75) is 32.6 Å². The summed E-state index contributed by atoms with van der Waals surface area (Å²) in [6, 6.07) is 5.79. The molecule has 25 heavy (non-hydrogen) atoms. The van der Waals surface area contributed by atoms with E-state index in [1.807, 2.05) is 18.2 Å². The Kier molecular flexibility index (Phi) is 5.58. The van der Waals surface area contributed by atoms with Crippen molar-refractivity contribution in [2.75, 3.05) is 20.3 Å². The van der Waals surface area contributed by atoms with Gasteiger partial charge in [-0.2, -0.15) is 0 Å². The highest BCUT2D eigenvalue weighted by Crippen LogP contribution is 2.36. The lowest BCUT2D eigenvalue weighted by atomic mass is 9.95. The molecule has 134 valence electrons. The molecule has 5 nitrogen and oxygen atoms in total. The molecule has 0 radical (unpaired) electrons. The topological polar surface area (TPSA) is 60.5 Å². The zero-order chi connectivity index (χ0) is 17.8. The number of hydrogen-bond acceptors (Lipinski definition) is 5. The van der Waals surface area contributed by atoms with Gasteiger partial charge < -0.3 is 14.8 Å². The van der Waals surface area contributed by atoms with Crippen LogP contribution < -0.4 is 14.8 Å². The van der Waals surface area contributed by atoms with Gasteiger partial charge in [-0.3, -0.25) is 4.79 Å². The van der Waals surface area contributed by atoms with E-state index in [4.69, 9.17) is 9.47 Å². The van der Waals surface area contributed by atoms with Gasteiger partial charge in [0, 0.05) is 24.3 Å². The highest BCUT2D eigenvalue weighted by molar-refractivity contribution is 7.09. The summed E-state index contributed by atoms with van der Waals surface area (Å²) < 4.78 is 11.1. The summed E-state index contributed by atoms with van der Waals surface area (Å²) in [5, 5.41) is 6.24. The third-order valence-corrected chi connectivity index (χ3v) is 5.48. The molecule has 0 aliphatic carbocycles. The lowest BCUT2D eigenvalue weighted by molar-refractivity contribution is -0.126. The molecule has 1 aliphatic rings. The number of fused-ring (bicyclic) bond motifs is 1. The number of carbonyl (C=O) groups is 1. The summed E-state index contributed by atoms with van der Waals surface area (Å²) in [5.74, 6) is 1.80. The Morgan fingerprint density at radius 1 is 1.48 bits per heavy atom. The van der Waals surface area contributed by atoms with E-state index < -0.39 is 0 Å². The summed E-state index contributed by atoms with van der Waals surface area (Å²) in [4.78, 5) is 17.0. The molecule has 0 saturated heterocycles. The van der Waals surface area contributed by atoms with Crippen molar-refractivity contribution in [3.05, 3.63) is 39.8 Å². The highest BCUT2D eigenvalue weighted by Gasteiger charge is 2.27. The first-order chi connectivity index (χ1) is 12.1. The fourth-order valence-electron chi connectivity index (χ4n) is 2.88. The number of nitrogens with zero attached hydrogens (tertiary/aromatic N) is 1. The fraction of sp³-hybridized carbons (Fsp3) is 0.474. The van der Waals surface area contributed by atoms with Gasteiger partial charge in [0.15, 0.2) is 11.5 Å². The molecule has 2 aromatic rings. The van der Waals surface area contributed by atoms with E-state index in [0.717, 1.165) is 34.2 Å². The van der Waals surface area contributed by atoms with Crippen LogP contribution in [0.25, 0.3) is 0 Å². The summed E-state index contributed by atoms with van der Waals surface area (Å²) >= 11 is 1.68. The normalized spacial score (nSPS) is 16.2. The summed E-state index contributed by atoms with van der Waals surface area (Å²) in [7, 11) is 1.63. The maximum Gasteiger partial charge on any atom is 0.226 e. The quantitative estimate of drug-likeness (QED) is 0.859. The number of nitrogens with one attached hydrogen (secondary N) is 1. The maximum atomic E-state index is 12.4. The smallest absolute Gasteiger partial charge is 0.226 e. The van der Waals surface area contributed by atoms with Crippen molar-refractivity contribution < 1.29 is 14.3 Å². The van der Waals surface area contributed by atoms with Gasteiger partial charge in [0.05, 0.1) is 23.7 Å². The highest BCUT2D eigenvalue weighted by atomic mass is 32.1. The Balaban J connectivity index is 1.52. The van der Waals surface area contributed by atoms with Crippen molar-refractivity contribution in [1.82, 2.24) is 10.3 Å². The SMILES string of the molecule is COc1cccc2c1OC[C@@H](C(=O)NCCc1csc(C(C)C)n1)C2. The molecule has 0 bridgehead atoms. The van der Waals surface area contributed by atoms with Gasteiger partial charge >= 0.3 is 0 Å². The number of rotatable bonds is 6. The van der Waals surface area contributed by atoms with Crippen molar-refractivity contribution in [1.29, 1.82) is 0 Å². The van der Waals surface area contributed by atoms with E-state index in [0.29, 0.717) is 25.5 Å². The molecular formula is C19H24N2O3S. The van der Waals surface area contributed by atoms with Crippen LogP contribution in [-0.4, -0.2) is 31.2 Å². The van der Waals surface area contributed by atoms with Crippen molar-refractivity contribution in [3.8, 4) is 11.5 Å². The standard InChI is InChI=1S/C19H24N2O3S/c1-12(2)19-21-15(11-25-19)7-8-20-18(22)14-9-13-5-4-6-16(23-3)17(13)24-10-14/h4-6,11-12,14H,7-10H2,1-3H3,(H,20,22)/t14-/m0/s1. The van der Waals surface area contributed by atoms with Crippen molar-refractivity contribution >= 4 is 17.2 Å². The second kappa shape index (κ2) is 7.87. The van der Waals surface area contributed by atoms with Gasteiger partial charge in [-0.15, -0.1) is 11.3 Å². The first kappa shape index (κ1) is 17.7. The Morgan fingerprint density at radius 2 is 2.32 bits per heavy atom. The second-order valence-corrected chi connectivity index (χ2v) is 7.42. The molecule has 1 atom stereocenters. The van der Waals surface area contributed by atoms with E-state index in [1.54, 1.807) is 18.4 Å². The molecule has 0 saturated carbocycles. The van der Waals surface area contributed by atoms with Gasteiger partial charge in [-0.25, -0.2) is 4.98 Å². The van der Waals surface area contributed by atoms with Gasteiger partial charge in [0.1, 0.15) is 6.61 Å². The average Bonchev–Trinajstić information content (AvgIpc) is 3.09. The van der Waals surface area contributed by atoms with Crippen LogP contribution in [-0.2, 0) is 17.6 Å². The first-order valence-corrected chi connectivity index (χ1v) is 9.47. The van der Waals surface area contributed by atoms with Crippen LogP contribution in [0.5, 0.6) is 11.5 Å². The van der Waals surface area contributed by atoms with E-state index in [1.165, 1.54) is 0 Å². The lowest BCUT2D eigenvalue weighted by Crippen LogP contribution is -2.38. The Morgan fingerprint density at radius 3 is 3.04 bits per heavy atom. The maximum absolute atomic E-state index is 12.4. The Bertz CT molecular complexity index is 742. The van der Waals surface area contributed by atoms with E-state index in [-0.39, 0.29) is 11.8 Å². The largest absolute Gasteiger partial charge is 0.493 e. The summed E-state index contributed by atoms with van der Waals surface area (Å²) in [5.41, 5.74) is 2.07. The Hall–Kier alpha value is -2.08. The monoisotopic (exact) mass is 360 g/mol. The van der Waals surface area contributed by atoms with Crippen LogP contribution in [0.1, 0.15) is 36.0 Å². The van der Waals surface area contributed by atoms with Crippen LogP contribution in [0.2, 0.25) is 0 Å². The predicted octanol–water partition coefficient (Wildman–Crippen LogP) is 3.19. The van der Waals surface area contributed by atoms with Gasteiger partial charge in [-0.05, 0) is 18.1 Å². The van der Waals surface area contributed by atoms with Crippen LogP contribution in [0.4, 0.5) is 0 Å². The molecule has 1 aliphatic heterocycles. The molecular weight excluding hydrogens is 336 g/mol. The zero-order valence-corrected chi connectivity index (χ0v) is 15.7. The number of amides is 1. The number of para-hydroxylation sites is 1. The van der Waals surface area contributed by atoms with E-state index in [2.05, 4.69) is 29.5 Å². The average molecular weight is 360 g/mol. The molecule has 0 fully saturated rings. The third-order valence-electron chi connectivity index (χ3n) is 4.29. The third kappa shape index (κ3) is 4.12. The number of hydrogen-bond donors (Lipinski definition) is 1. The van der Waals surface area contributed by atoms with Gasteiger partial charge in [0.2, 0.25) is 5.91 Å². The van der Waals surface area contributed by atoms with Crippen LogP contribution in [0.3, 0.4) is 0 Å². The molecule has 1 amide bonds. The van der Waals surface area contributed by atoms with E-state index >= 15 is 0 Å². The molecule has 0 spiro atoms. The summed E-state index contributed by atoms with van der Waals surface area (Å²) in [6.07, 6.45) is 1.43.